The molecule has 3 aromatic rings. The summed E-state index contributed by atoms with van der Waals surface area (Å²) in [6, 6.07) is 10.5. The van der Waals surface area contributed by atoms with E-state index in [0.717, 1.165) is 17.5 Å². The van der Waals surface area contributed by atoms with Gasteiger partial charge in [-0.3, -0.25) is 9.20 Å². The van der Waals surface area contributed by atoms with Crippen LogP contribution in [-0.4, -0.2) is 28.6 Å². The molecule has 0 N–H and O–H groups in total. The molecule has 0 saturated carbocycles. The number of esters is 1. The Morgan fingerprint density at radius 3 is 2.71 bits per heavy atom. The summed E-state index contributed by atoms with van der Waals surface area (Å²) < 4.78 is 18.0. The second kappa shape index (κ2) is 10.4. The summed E-state index contributed by atoms with van der Waals surface area (Å²) in [7, 11) is 0. The Balaban J connectivity index is 1.66. The molecule has 0 atom stereocenters. The molecule has 0 unspecified atom stereocenters. The molecule has 0 aliphatic carbocycles. The third-order valence-corrected chi connectivity index (χ3v) is 4.38. The van der Waals surface area contributed by atoms with Crippen LogP contribution in [0.15, 0.2) is 53.5 Å². The van der Waals surface area contributed by atoms with Gasteiger partial charge < -0.3 is 14.2 Å². The standard InChI is InChI=1S/C24H26N2O5/c1-4-12-30-20-8-6-18(14-21(20)29-5-2)7-9-24(28)31-16-19-15-23(27)26-11-10-17(3)13-22(26)25-19/h6-11,13-15H,4-5,12,16H2,1-3H3/b9-7+. The lowest BCUT2D eigenvalue weighted by Gasteiger charge is -2.12. The van der Waals surface area contributed by atoms with Crippen LogP contribution in [0, 0.1) is 6.92 Å². The summed E-state index contributed by atoms with van der Waals surface area (Å²) in [5.41, 5.74) is 2.46. The Morgan fingerprint density at radius 1 is 1.10 bits per heavy atom. The van der Waals surface area contributed by atoms with Crippen molar-refractivity contribution >= 4 is 17.7 Å². The molecule has 162 valence electrons. The molecule has 0 saturated heterocycles. The second-order valence-electron chi connectivity index (χ2n) is 6.95. The Hall–Kier alpha value is -3.61. The third-order valence-electron chi connectivity index (χ3n) is 4.38. The molecule has 0 radical (unpaired) electrons. The van der Waals surface area contributed by atoms with Crippen LogP contribution in [-0.2, 0) is 16.1 Å². The highest BCUT2D eigenvalue weighted by atomic mass is 16.5. The van der Waals surface area contributed by atoms with Crippen molar-refractivity contribution < 1.29 is 19.0 Å². The largest absolute Gasteiger partial charge is 0.490 e. The highest BCUT2D eigenvalue weighted by Crippen LogP contribution is 2.29. The molecular weight excluding hydrogens is 396 g/mol. The van der Waals surface area contributed by atoms with Gasteiger partial charge in [0.2, 0.25) is 0 Å². The molecule has 0 fully saturated rings. The number of rotatable bonds is 9. The van der Waals surface area contributed by atoms with Crippen LogP contribution in [0.25, 0.3) is 11.7 Å². The second-order valence-corrected chi connectivity index (χ2v) is 6.95. The summed E-state index contributed by atoms with van der Waals surface area (Å²) in [6.07, 6.45) is 5.54. The first-order valence-electron chi connectivity index (χ1n) is 10.2. The van der Waals surface area contributed by atoms with Crippen LogP contribution in [0.2, 0.25) is 0 Å². The molecule has 31 heavy (non-hydrogen) atoms. The SMILES string of the molecule is CCCOc1ccc(/C=C/C(=O)OCc2cc(=O)n3ccc(C)cc3n2)cc1OCC. The lowest BCUT2D eigenvalue weighted by atomic mass is 10.2. The van der Waals surface area contributed by atoms with E-state index in [2.05, 4.69) is 4.98 Å². The Kier molecular flexibility index (Phi) is 7.43. The number of hydrogen-bond acceptors (Lipinski definition) is 6. The van der Waals surface area contributed by atoms with Gasteiger partial charge in [-0.25, -0.2) is 9.78 Å². The van der Waals surface area contributed by atoms with Crippen molar-refractivity contribution in [2.24, 2.45) is 0 Å². The first-order chi connectivity index (χ1) is 15.0. The number of carbonyl (C=O) groups excluding carboxylic acids is 1. The zero-order chi connectivity index (χ0) is 22.2. The summed E-state index contributed by atoms with van der Waals surface area (Å²) in [6.45, 7) is 6.88. The van der Waals surface area contributed by atoms with Crippen LogP contribution in [0.1, 0.15) is 37.1 Å². The van der Waals surface area contributed by atoms with E-state index in [1.54, 1.807) is 18.3 Å². The minimum Gasteiger partial charge on any atom is -0.490 e. The quantitative estimate of drug-likeness (QED) is 0.384. The van der Waals surface area contributed by atoms with Gasteiger partial charge in [-0.15, -0.1) is 0 Å². The number of hydrogen-bond donors (Lipinski definition) is 0. The van der Waals surface area contributed by atoms with E-state index in [-0.39, 0.29) is 12.2 Å². The predicted octanol–water partition coefficient (Wildman–Crippen LogP) is 3.95. The minimum atomic E-state index is -0.532. The fourth-order valence-electron chi connectivity index (χ4n) is 2.91. The van der Waals surface area contributed by atoms with Crippen LogP contribution >= 0.6 is 0 Å². The summed E-state index contributed by atoms with van der Waals surface area (Å²) in [5, 5.41) is 0. The molecule has 3 rings (SSSR count). The van der Waals surface area contributed by atoms with Gasteiger partial charge in [0.15, 0.2) is 11.5 Å². The molecule has 0 amide bonds. The molecule has 7 nitrogen and oxygen atoms in total. The van der Waals surface area contributed by atoms with Crippen LogP contribution in [0.4, 0.5) is 0 Å². The van der Waals surface area contributed by atoms with Gasteiger partial charge >= 0.3 is 5.97 Å². The molecule has 0 aliphatic rings. The highest BCUT2D eigenvalue weighted by Gasteiger charge is 2.07. The molecule has 0 aliphatic heterocycles. The molecule has 1 aromatic carbocycles. The van der Waals surface area contributed by atoms with Gasteiger partial charge in [0.1, 0.15) is 12.3 Å². The minimum absolute atomic E-state index is 0.0865. The third kappa shape index (κ3) is 5.94. The first-order valence-corrected chi connectivity index (χ1v) is 10.2. The van der Waals surface area contributed by atoms with E-state index in [1.807, 2.05) is 45.0 Å². The number of nitrogens with zero attached hydrogens (tertiary/aromatic N) is 2. The topological polar surface area (TPSA) is 79.1 Å². The molecule has 0 spiro atoms. The van der Waals surface area contributed by atoms with Crippen LogP contribution in [0.5, 0.6) is 11.5 Å². The van der Waals surface area contributed by atoms with Gasteiger partial charge in [0.25, 0.3) is 5.56 Å². The lowest BCUT2D eigenvalue weighted by Crippen LogP contribution is -2.16. The molecule has 0 bridgehead atoms. The van der Waals surface area contributed by atoms with Crippen molar-refractivity contribution in [1.29, 1.82) is 0 Å². The Bertz CT molecular complexity index is 1150. The van der Waals surface area contributed by atoms with Crippen molar-refractivity contribution in [1.82, 2.24) is 9.38 Å². The van der Waals surface area contributed by atoms with E-state index in [0.29, 0.717) is 36.1 Å². The monoisotopic (exact) mass is 422 g/mol. The van der Waals surface area contributed by atoms with Gasteiger partial charge in [-0.1, -0.05) is 13.0 Å². The Labute approximate surface area is 180 Å². The van der Waals surface area contributed by atoms with E-state index < -0.39 is 5.97 Å². The predicted molar refractivity (Wildman–Crippen MR) is 118 cm³/mol. The molecule has 2 heterocycles. The maximum atomic E-state index is 12.2. The lowest BCUT2D eigenvalue weighted by molar-refractivity contribution is -0.139. The van der Waals surface area contributed by atoms with E-state index in [1.165, 1.54) is 16.5 Å². The van der Waals surface area contributed by atoms with Gasteiger partial charge in [0, 0.05) is 18.3 Å². The first kappa shape index (κ1) is 22.1. The van der Waals surface area contributed by atoms with Crippen molar-refractivity contribution in [3.8, 4) is 11.5 Å². The molecule has 7 heteroatoms. The van der Waals surface area contributed by atoms with Crippen molar-refractivity contribution in [3.63, 3.8) is 0 Å². The average molecular weight is 422 g/mol. The number of pyridine rings is 1. The normalized spacial score (nSPS) is 11.1. The smallest absolute Gasteiger partial charge is 0.331 e. The Morgan fingerprint density at radius 2 is 1.94 bits per heavy atom. The molecule has 2 aromatic heterocycles. The number of benzene rings is 1. The van der Waals surface area contributed by atoms with Gasteiger partial charge in [0.05, 0.1) is 18.9 Å². The number of carbonyl (C=O) groups is 1. The molecular formula is C24H26N2O5. The summed E-state index contributed by atoms with van der Waals surface area (Å²) >= 11 is 0. The average Bonchev–Trinajstić information content (AvgIpc) is 2.75. The zero-order valence-corrected chi connectivity index (χ0v) is 18.0. The van der Waals surface area contributed by atoms with Crippen molar-refractivity contribution in [2.45, 2.75) is 33.8 Å². The fourth-order valence-corrected chi connectivity index (χ4v) is 2.91. The van der Waals surface area contributed by atoms with Crippen LogP contribution in [0.3, 0.4) is 0 Å². The van der Waals surface area contributed by atoms with Crippen molar-refractivity contribution in [2.75, 3.05) is 13.2 Å². The van der Waals surface area contributed by atoms with E-state index in [9.17, 15) is 9.59 Å². The summed E-state index contributed by atoms with van der Waals surface area (Å²) in [5.74, 6) is 0.769. The summed E-state index contributed by atoms with van der Waals surface area (Å²) in [4.78, 5) is 28.7. The number of ether oxygens (including phenoxy) is 3. The van der Waals surface area contributed by atoms with Crippen molar-refractivity contribution in [3.05, 3.63) is 75.8 Å². The maximum Gasteiger partial charge on any atom is 0.331 e. The number of fused-ring (bicyclic) bond motifs is 1. The number of aryl methyl sites for hydroxylation is 1. The van der Waals surface area contributed by atoms with Gasteiger partial charge in [-0.2, -0.15) is 0 Å². The fraction of sp³-hybridized carbons (Fsp3) is 0.292. The van der Waals surface area contributed by atoms with Gasteiger partial charge in [-0.05, 0) is 61.7 Å². The van der Waals surface area contributed by atoms with E-state index >= 15 is 0 Å². The van der Waals surface area contributed by atoms with E-state index in [4.69, 9.17) is 14.2 Å². The highest BCUT2D eigenvalue weighted by molar-refractivity contribution is 5.87. The number of aromatic nitrogens is 2. The van der Waals surface area contributed by atoms with Crippen LogP contribution < -0.4 is 15.0 Å². The zero-order valence-electron chi connectivity index (χ0n) is 18.0. The maximum absolute atomic E-state index is 12.2.